The van der Waals surface area contributed by atoms with Gasteiger partial charge in [0.2, 0.25) is 0 Å². The van der Waals surface area contributed by atoms with Crippen molar-refractivity contribution >= 4 is 17.0 Å². The summed E-state index contributed by atoms with van der Waals surface area (Å²) in [5.41, 5.74) is 11.5. The molecule has 4 rings (SSSR count). The molecule has 1 atom stereocenters. The van der Waals surface area contributed by atoms with Gasteiger partial charge in [0.15, 0.2) is 0 Å². The van der Waals surface area contributed by atoms with Crippen molar-refractivity contribution in [2.24, 2.45) is 5.92 Å². The Labute approximate surface area is 223 Å². The summed E-state index contributed by atoms with van der Waals surface area (Å²) in [6.07, 6.45) is 15.3. The lowest BCUT2D eigenvalue weighted by Gasteiger charge is -2.16. The van der Waals surface area contributed by atoms with E-state index in [1.807, 2.05) is 18.2 Å². The van der Waals surface area contributed by atoms with Gasteiger partial charge in [-0.05, 0) is 120 Å². The zero-order valence-corrected chi connectivity index (χ0v) is 23.7. The van der Waals surface area contributed by atoms with Gasteiger partial charge in [-0.3, -0.25) is 0 Å². The molecule has 0 amide bonds. The van der Waals surface area contributed by atoms with Crippen LogP contribution in [-0.2, 0) is 17.7 Å². The summed E-state index contributed by atoms with van der Waals surface area (Å²) in [6.45, 7) is 12.4. The highest BCUT2D eigenvalue weighted by molar-refractivity contribution is 5.93. The summed E-state index contributed by atoms with van der Waals surface area (Å²) in [6, 6.07) is 5.79. The fourth-order valence-corrected chi connectivity index (χ4v) is 5.94. The molecule has 198 valence electrons. The number of allylic oxidation sites excluding steroid dienone is 8. The Morgan fingerprint density at radius 3 is 2.57 bits per heavy atom. The van der Waals surface area contributed by atoms with Crippen LogP contribution in [0.15, 0.2) is 63.8 Å². The second-order valence-electron chi connectivity index (χ2n) is 11.0. The Kier molecular flexibility index (Phi) is 8.89. The van der Waals surface area contributed by atoms with Gasteiger partial charge in [0.1, 0.15) is 5.82 Å². The van der Waals surface area contributed by atoms with Crippen LogP contribution in [0.25, 0.3) is 11.0 Å². The van der Waals surface area contributed by atoms with E-state index in [4.69, 9.17) is 9.72 Å². The Bertz CT molecular complexity index is 1280. The first-order valence-electron chi connectivity index (χ1n) is 14.1. The van der Waals surface area contributed by atoms with Crippen molar-refractivity contribution < 1.29 is 9.53 Å². The van der Waals surface area contributed by atoms with Crippen LogP contribution >= 0.6 is 0 Å². The minimum Gasteiger partial charge on any atom is -0.465 e. The van der Waals surface area contributed by atoms with Crippen molar-refractivity contribution in [2.45, 2.75) is 99.0 Å². The largest absolute Gasteiger partial charge is 0.465 e. The van der Waals surface area contributed by atoms with Gasteiger partial charge in [-0.25, -0.2) is 9.78 Å². The Hall–Kier alpha value is -2.88. The third-order valence-electron chi connectivity index (χ3n) is 8.63. The molecule has 0 aliphatic heterocycles. The average Bonchev–Trinajstić information content (AvgIpc) is 3.24. The van der Waals surface area contributed by atoms with Crippen LogP contribution in [0.1, 0.15) is 102 Å². The molecule has 0 saturated heterocycles. The number of hydrogen-bond acceptors (Lipinski definition) is 3. The number of fused-ring (bicyclic) bond motifs is 1. The molecule has 0 saturated carbocycles. The van der Waals surface area contributed by atoms with Gasteiger partial charge < -0.3 is 9.30 Å². The number of rotatable bonds is 9. The minimum atomic E-state index is -0.310. The van der Waals surface area contributed by atoms with Crippen molar-refractivity contribution in [3.05, 3.63) is 75.2 Å². The molecule has 0 bridgehead atoms. The lowest BCUT2D eigenvalue weighted by Crippen LogP contribution is -2.07. The summed E-state index contributed by atoms with van der Waals surface area (Å²) in [4.78, 5) is 17.1. The fraction of sp³-hybridized carbons (Fsp3) is 0.515. The van der Waals surface area contributed by atoms with E-state index in [0.717, 1.165) is 55.5 Å². The van der Waals surface area contributed by atoms with Crippen LogP contribution in [0.3, 0.4) is 0 Å². The molecule has 1 unspecified atom stereocenters. The SMILES string of the molecule is COC(=O)c1ccc2c(c1)nc(CCCCC1=C(C)C(C)C=C(C)C(C)=C1C)n2CCC1=CCCCC1. The third kappa shape index (κ3) is 6.17. The molecule has 1 aromatic carbocycles. The molecule has 0 radical (unpaired) electrons. The predicted octanol–water partition coefficient (Wildman–Crippen LogP) is 8.68. The molecule has 2 aliphatic rings. The number of esters is 1. The lowest BCUT2D eigenvalue weighted by molar-refractivity contribution is 0.0601. The number of nitrogens with zero attached hydrogens (tertiary/aromatic N) is 2. The molecule has 2 aromatic rings. The summed E-state index contributed by atoms with van der Waals surface area (Å²) < 4.78 is 7.34. The highest BCUT2D eigenvalue weighted by Crippen LogP contribution is 2.34. The van der Waals surface area contributed by atoms with Gasteiger partial charge in [-0.15, -0.1) is 0 Å². The van der Waals surface area contributed by atoms with E-state index < -0.39 is 0 Å². The molecule has 4 nitrogen and oxygen atoms in total. The van der Waals surface area contributed by atoms with Crippen molar-refractivity contribution in [1.82, 2.24) is 9.55 Å². The average molecular weight is 501 g/mol. The second-order valence-corrected chi connectivity index (χ2v) is 11.0. The topological polar surface area (TPSA) is 44.1 Å². The predicted molar refractivity (Wildman–Crippen MR) is 154 cm³/mol. The monoisotopic (exact) mass is 500 g/mol. The molecule has 4 heteroatoms. The van der Waals surface area contributed by atoms with E-state index in [2.05, 4.69) is 51.3 Å². The third-order valence-corrected chi connectivity index (χ3v) is 8.63. The van der Waals surface area contributed by atoms with E-state index in [-0.39, 0.29) is 5.97 Å². The Morgan fingerprint density at radius 2 is 1.84 bits per heavy atom. The van der Waals surface area contributed by atoms with E-state index in [1.54, 1.807) is 11.1 Å². The van der Waals surface area contributed by atoms with Crippen LogP contribution < -0.4 is 0 Å². The highest BCUT2D eigenvalue weighted by Gasteiger charge is 2.18. The van der Waals surface area contributed by atoms with Crippen LogP contribution in [0, 0.1) is 5.92 Å². The highest BCUT2D eigenvalue weighted by atomic mass is 16.5. The summed E-state index contributed by atoms with van der Waals surface area (Å²) in [7, 11) is 1.43. The zero-order valence-electron chi connectivity index (χ0n) is 23.7. The first kappa shape index (κ1) is 27.2. The van der Waals surface area contributed by atoms with Crippen LogP contribution in [-0.4, -0.2) is 22.6 Å². The zero-order chi connectivity index (χ0) is 26.5. The van der Waals surface area contributed by atoms with Crippen molar-refractivity contribution in [3.8, 4) is 0 Å². The molecular weight excluding hydrogens is 456 g/mol. The number of ether oxygens (including phenoxy) is 1. The van der Waals surface area contributed by atoms with Crippen LogP contribution in [0.4, 0.5) is 0 Å². The number of aromatic nitrogens is 2. The number of imidazole rings is 1. The molecule has 1 aromatic heterocycles. The van der Waals surface area contributed by atoms with Gasteiger partial charge in [0, 0.05) is 13.0 Å². The maximum absolute atomic E-state index is 12.1. The van der Waals surface area contributed by atoms with E-state index in [9.17, 15) is 4.79 Å². The maximum atomic E-state index is 12.1. The Morgan fingerprint density at radius 1 is 1.05 bits per heavy atom. The summed E-state index contributed by atoms with van der Waals surface area (Å²) in [5, 5.41) is 0. The summed E-state index contributed by atoms with van der Waals surface area (Å²) >= 11 is 0. The molecule has 0 spiro atoms. The van der Waals surface area contributed by atoms with Crippen molar-refractivity contribution in [2.75, 3.05) is 7.11 Å². The van der Waals surface area contributed by atoms with Gasteiger partial charge >= 0.3 is 5.97 Å². The van der Waals surface area contributed by atoms with Crippen LogP contribution in [0.5, 0.6) is 0 Å². The molecular formula is C33H44N2O2. The van der Waals surface area contributed by atoms with Gasteiger partial charge in [-0.1, -0.05) is 35.8 Å². The lowest BCUT2D eigenvalue weighted by atomic mass is 9.90. The smallest absolute Gasteiger partial charge is 0.337 e. The first-order valence-corrected chi connectivity index (χ1v) is 14.1. The maximum Gasteiger partial charge on any atom is 0.337 e. The summed E-state index contributed by atoms with van der Waals surface area (Å²) in [5.74, 6) is 1.31. The number of methoxy groups -OCH3 is 1. The normalized spacial score (nSPS) is 18.7. The van der Waals surface area contributed by atoms with Gasteiger partial charge in [-0.2, -0.15) is 0 Å². The number of carbonyl (C=O) groups is 1. The molecule has 2 aliphatic carbocycles. The van der Waals surface area contributed by atoms with Crippen molar-refractivity contribution in [1.29, 1.82) is 0 Å². The number of hydrogen-bond donors (Lipinski definition) is 0. The molecule has 0 fully saturated rings. The number of carbonyl (C=O) groups excluding carboxylic acids is 1. The molecule has 1 heterocycles. The number of benzene rings is 1. The molecule has 37 heavy (non-hydrogen) atoms. The minimum absolute atomic E-state index is 0.310. The first-order chi connectivity index (χ1) is 17.8. The van der Waals surface area contributed by atoms with E-state index in [1.165, 1.54) is 55.1 Å². The number of aryl methyl sites for hydroxylation is 2. The standard InChI is InChI=1S/C33H44N2O2/c1-22-20-23(2)25(4)29(26(5)24(22)3)14-10-11-15-32-34-30-21-28(33(36)37-6)16-17-31(30)35(32)19-18-27-12-8-7-9-13-27/h12,16-17,20-21,23H,7-11,13-15,18-19H2,1-6H3. The second kappa shape index (κ2) is 12.1. The Balaban J connectivity index is 1.51. The van der Waals surface area contributed by atoms with E-state index in [0.29, 0.717) is 11.5 Å². The van der Waals surface area contributed by atoms with E-state index >= 15 is 0 Å². The van der Waals surface area contributed by atoms with Gasteiger partial charge in [0.05, 0.1) is 23.7 Å². The number of unbranched alkanes of at least 4 members (excludes halogenated alkanes) is 1. The van der Waals surface area contributed by atoms with Crippen LogP contribution in [0.2, 0.25) is 0 Å². The fourth-order valence-electron chi connectivity index (χ4n) is 5.94. The molecule has 0 N–H and O–H groups in total. The van der Waals surface area contributed by atoms with Gasteiger partial charge in [0.25, 0.3) is 0 Å². The quantitative estimate of drug-likeness (QED) is 0.196. The van der Waals surface area contributed by atoms with Crippen molar-refractivity contribution in [3.63, 3.8) is 0 Å².